The number of benzene rings is 1. The Labute approximate surface area is 104 Å². The minimum absolute atomic E-state index is 0.601. The van der Waals surface area contributed by atoms with Crippen LogP contribution in [0.2, 0.25) is 0 Å². The summed E-state index contributed by atoms with van der Waals surface area (Å²) in [5, 5.41) is 10.8. The Kier molecular flexibility index (Phi) is 3.72. The molecule has 0 bridgehead atoms. The standard InChI is InChI=1S/C15H22O2/c1-3-17-14-8-4-7-13(10-14)15(16)9-5-6-12(2)11-15/h4,7-8,10,12,16H,3,5-6,9,11H2,1-2H3. The van der Waals surface area contributed by atoms with Crippen molar-refractivity contribution >= 4 is 0 Å². The summed E-state index contributed by atoms with van der Waals surface area (Å²) < 4.78 is 5.50. The monoisotopic (exact) mass is 234 g/mol. The van der Waals surface area contributed by atoms with Crippen molar-refractivity contribution in [2.45, 2.75) is 45.1 Å². The molecular formula is C15H22O2. The molecule has 0 saturated heterocycles. The van der Waals surface area contributed by atoms with Crippen molar-refractivity contribution in [3.05, 3.63) is 29.8 Å². The lowest BCUT2D eigenvalue weighted by molar-refractivity contribution is -0.0180. The van der Waals surface area contributed by atoms with Crippen LogP contribution in [0.1, 0.15) is 45.1 Å². The number of aliphatic hydroxyl groups is 1. The second kappa shape index (κ2) is 5.09. The lowest BCUT2D eigenvalue weighted by atomic mass is 9.75. The van der Waals surface area contributed by atoms with Gasteiger partial charge in [-0.15, -0.1) is 0 Å². The number of ether oxygens (including phenoxy) is 1. The smallest absolute Gasteiger partial charge is 0.119 e. The highest BCUT2D eigenvalue weighted by atomic mass is 16.5. The van der Waals surface area contributed by atoms with Gasteiger partial charge in [-0.1, -0.05) is 25.5 Å². The summed E-state index contributed by atoms with van der Waals surface area (Å²) >= 11 is 0. The SMILES string of the molecule is CCOc1cccc(C2(O)CCCC(C)C2)c1. The van der Waals surface area contributed by atoms with Gasteiger partial charge in [0.1, 0.15) is 5.75 Å². The first-order valence-electron chi connectivity index (χ1n) is 6.60. The van der Waals surface area contributed by atoms with Crippen LogP contribution in [-0.2, 0) is 5.60 Å². The quantitative estimate of drug-likeness (QED) is 0.867. The number of rotatable bonds is 3. The van der Waals surface area contributed by atoms with Gasteiger partial charge in [-0.3, -0.25) is 0 Å². The van der Waals surface area contributed by atoms with E-state index in [1.165, 1.54) is 6.42 Å². The molecule has 2 rings (SSSR count). The second-order valence-corrected chi connectivity index (χ2v) is 5.19. The average Bonchev–Trinajstić information content (AvgIpc) is 2.29. The number of hydrogen-bond acceptors (Lipinski definition) is 2. The van der Waals surface area contributed by atoms with Gasteiger partial charge in [0, 0.05) is 0 Å². The molecule has 1 N–H and O–H groups in total. The van der Waals surface area contributed by atoms with Crippen molar-refractivity contribution in [3.63, 3.8) is 0 Å². The third-order valence-electron chi connectivity index (χ3n) is 3.66. The lowest BCUT2D eigenvalue weighted by Gasteiger charge is -2.36. The Balaban J connectivity index is 2.22. The molecule has 1 aromatic rings. The molecule has 1 saturated carbocycles. The van der Waals surface area contributed by atoms with Crippen molar-refractivity contribution in [1.82, 2.24) is 0 Å². The molecule has 94 valence electrons. The van der Waals surface area contributed by atoms with Crippen LogP contribution in [0, 0.1) is 5.92 Å². The van der Waals surface area contributed by atoms with Gasteiger partial charge in [0.05, 0.1) is 12.2 Å². The molecule has 0 radical (unpaired) electrons. The van der Waals surface area contributed by atoms with E-state index in [9.17, 15) is 5.11 Å². The summed E-state index contributed by atoms with van der Waals surface area (Å²) in [4.78, 5) is 0. The fourth-order valence-corrected chi connectivity index (χ4v) is 2.83. The zero-order chi connectivity index (χ0) is 12.3. The summed E-state index contributed by atoms with van der Waals surface area (Å²) in [6.45, 7) is 4.86. The topological polar surface area (TPSA) is 29.5 Å². The summed E-state index contributed by atoms with van der Waals surface area (Å²) in [6, 6.07) is 7.92. The van der Waals surface area contributed by atoms with Gasteiger partial charge in [0.25, 0.3) is 0 Å². The van der Waals surface area contributed by atoms with Gasteiger partial charge in [0.15, 0.2) is 0 Å². The van der Waals surface area contributed by atoms with E-state index in [1.807, 2.05) is 31.2 Å². The molecule has 1 aliphatic carbocycles. The average molecular weight is 234 g/mol. The third kappa shape index (κ3) is 2.81. The molecule has 17 heavy (non-hydrogen) atoms. The minimum atomic E-state index is -0.648. The molecular weight excluding hydrogens is 212 g/mol. The van der Waals surface area contributed by atoms with Crippen molar-refractivity contribution in [1.29, 1.82) is 0 Å². The normalized spacial score (nSPS) is 29.0. The van der Waals surface area contributed by atoms with E-state index in [0.717, 1.165) is 30.6 Å². The Morgan fingerprint density at radius 3 is 3.00 bits per heavy atom. The van der Waals surface area contributed by atoms with Gasteiger partial charge in [-0.05, 0) is 49.8 Å². The Hall–Kier alpha value is -1.02. The molecule has 2 atom stereocenters. The van der Waals surface area contributed by atoms with E-state index < -0.39 is 5.60 Å². The van der Waals surface area contributed by atoms with Crippen LogP contribution in [0.15, 0.2) is 24.3 Å². The molecule has 2 heteroatoms. The summed E-state index contributed by atoms with van der Waals surface area (Å²) in [5.74, 6) is 1.46. The van der Waals surface area contributed by atoms with E-state index in [2.05, 4.69) is 6.92 Å². The highest BCUT2D eigenvalue weighted by Gasteiger charge is 2.34. The Bertz CT molecular complexity index is 375. The predicted octanol–water partition coefficient (Wildman–Crippen LogP) is 3.48. The minimum Gasteiger partial charge on any atom is -0.494 e. The maximum absolute atomic E-state index is 10.8. The summed E-state index contributed by atoms with van der Waals surface area (Å²) in [5.41, 5.74) is 0.361. The van der Waals surface area contributed by atoms with Crippen molar-refractivity contribution in [2.75, 3.05) is 6.61 Å². The fraction of sp³-hybridized carbons (Fsp3) is 0.600. The Morgan fingerprint density at radius 2 is 2.29 bits per heavy atom. The predicted molar refractivity (Wildman–Crippen MR) is 69.1 cm³/mol. The molecule has 2 nitrogen and oxygen atoms in total. The Morgan fingerprint density at radius 1 is 1.47 bits per heavy atom. The van der Waals surface area contributed by atoms with Crippen molar-refractivity contribution < 1.29 is 9.84 Å². The van der Waals surface area contributed by atoms with Crippen LogP contribution in [0.4, 0.5) is 0 Å². The van der Waals surface area contributed by atoms with Crippen LogP contribution in [0.3, 0.4) is 0 Å². The third-order valence-corrected chi connectivity index (χ3v) is 3.66. The van der Waals surface area contributed by atoms with Gasteiger partial charge < -0.3 is 9.84 Å². The van der Waals surface area contributed by atoms with Crippen molar-refractivity contribution in [3.8, 4) is 5.75 Å². The van der Waals surface area contributed by atoms with Gasteiger partial charge in [0.2, 0.25) is 0 Å². The molecule has 0 aliphatic heterocycles. The summed E-state index contributed by atoms with van der Waals surface area (Å²) in [6.07, 6.45) is 4.07. The zero-order valence-corrected chi connectivity index (χ0v) is 10.8. The van der Waals surface area contributed by atoms with E-state index in [4.69, 9.17) is 4.74 Å². The molecule has 1 fully saturated rings. The maximum atomic E-state index is 10.8. The van der Waals surface area contributed by atoms with Crippen LogP contribution in [-0.4, -0.2) is 11.7 Å². The first kappa shape index (κ1) is 12.4. The van der Waals surface area contributed by atoms with Gasteiger partial charge >= 0.3 is 0 Å². The molecule has 1 aromatic carbocycles. The van der Waals surface area contributed by atoms with Crippen LogP contribution >= 0.6 is 0 Å². The highest BCUT2D eigenvalue weighted by molar-refractivity contribution is 5.32. The van der Waals surface area contributed by atoms with Crippen LogP contribution in [0.25, 0.3) is 0 Å². The number of hydrogen-bond donors (Lipinski definition) is 1. The molecule has 0 spiro atoms. The fourth-order valence-electron chi connectivity index (χ4n) is 2.83. The first-order valence-corrected chi connectivity index (χ1v) is 6.60. The first-order chi connectivity index (χ1) is 8.14. The molecule has 1 aliphatic rings. The van der Waals surface area contributed by atoms with Gasteiger partial charge in [-0.2, -0.15) is 0 Å². The van der Waals surface area contributed by atoms with Crippen molar-refractivity contribution in [2.24, 2.45) is 5.92 Å². The lowest BCUT2D eigenvalue weighted by Crippen LogP contribution is -2.31. The van der Waals surface area contributed by atoms with E-state index in [0.29, 0.717) is 12.5 Å². The molecule has 0 amide bonds. The highest BCUT2D eigenvalue weighted by Crippen LogP contribution is 2.40. The summed E-state index contributed by atoms with van der Waals surface area (Å²) in [7, 11) is 0. The van der Waals surface area contributed by atoms with E-state index in [-0.39, 0.29) is 0 Å². The van der Waals surface area contributed by atoms with E-state index >= 15 is 0 Å². The second-order valence-electron chi connectivity index (χ2n) is 5.19. The van der Waals surface area contributed by atoms with Crippen LogP contribution < -0.4 is 4.74 Å². The zero-order valence-electron chi connectivity index (χ0n) is 10.8. The molecule has 2 unspecified atom stereocenters. The molecule has 0 heterocycles. The molecule has 0 aromatic heterocycles. The van der Waals surface area contributed by atoms with E-state index in [1.54, 1.807) is 0 Å². The van der Waals surface area contributed by atoms with Gasteiger partial charge in [-0.25, -0.2) is 0 Å². The largest absolute Gasteiger partial charge is 0.494 e. The van der Waals surface area contributed by atoms with Crippen LogP contribution in [0.5, 0.6) is 5.75 Å². The maximum Gasteiger partial charge on any atom is 0.119 e.